The molecule has 4 heterocycles. The zero-order chi connectivity index (χ0) is 64.1. The van der Waals surface area contributed by atoms with Gasteiger partial charge in [-0.15, -0.1) is 0 Å². The number of primary amides is 1. The minimum atomic E-state index is -1.44. The Morgan fingerprint density at radius 2 is 1.02 bits per heavy atom. The van der Waals surface area contributed by atoms with Crippen molar-refractivity contribution in [3.8, 4) is 0 Å². The van der Waals surface area contributed by atoms with Crippen molar-refractivity contribution in [2.75, 3.05) is 0 Å². The summed E-state index contributed by atoms with van der Waals surface area (Å²) in [4.78, 5) is 84.3. The predicted molar refractivity (Wildman–Crippen MR) is 311 cm³/mol. The van der Waals surface area contributed by atoms with Crippen LogP contribution in [0.5, 0.6) is 0 Å². The molecule has 0 aliphatic carbocycles. The van der Waals surface area contributed by atoms with Gasteiger partial charge < -0.3 is 73.9 Å². The Labute approximate surface area is 501 Å². The highest BCUT2D eigenvalue weighted by molar-refractivity contribution is 5.71. The van der Waals surface area contributed by atoms with E-state index in [0.717, 1.165) is 5.57 Å². The summed E-state index contributed by atoms with van der Waals surface area (Å²) in [6.45, 7) is 24.3. The zero-order valence-corrected chi connectivity index (χ0v) is 52.1. The van der Waals surface area contributed by atoms with E-state index in [9.17, 15) is 59.1 Å². The van der Waals surface area contributed by atoms with Gasteiger partial charge in [0.2, 0.25) is 0 Å². The van der Waals surface area contributed by atoms with Crippen LogP contribution in [0.1, 0.15) is 161 Å². The fraction of sp³-hybridized carbons (Fsp3) is 0.698. The van der Waals surface area contributed by atoms with E-state index in [4.69, 9.17) is 48.4 Å². The van der Waals surface area contributed by atoms with Gasteiger partial charge in [-0.2, -0.15) is 0 Å². The topological polar surface area (TPSA) is 330 Å². The van der Waals surface area contributed by atoms with Gasteiger partial charge in [-0.05, 0) is 114 Å². The van der Waals surface area contributed by atoms with Crippen LogP contribution in [0.2, 0.25) is 0 Å². The van der Waals surface area contributed by atoms with Crippen LogP contribution in [0.3, 0.4) is 0 Å². The van der Waals surface area contributed by atoms with Gasteiger partial charge in [0.15, 0.2) is 11.7 Å². The Hall–Kier alpha value is -6.07. The molecule has 4 aliphatic heterocycles. The Bertz CT molecular complexity index is 2410. The van der Waals surface area contributed by atoms with Crippen LogP contribution < -0.4 is 5.73 Å². The molecule has 0 aromatic carbocycles. The Kier molecular flexibility index (Phi) is 29.5. The van der Waals surface area contributed by atoms with Gasteiger partial charge in [-0.1, -0.05) is 104 Å². The minimum Gasteiger partial charge on any atom is -0.457 e. The number of rotatable bonds is 17. The molecular formula is C63H97NO21. The molecule has 85 heavy (non-hydrogen) atoms. The summed E-state index contributed by atoms with van der Waals surface area (Å²) in [5.74, 6) is -3.49. The van der Waals surface area contributed by atoms with Crippen molar-refractivity contribution < 1.29 is 102 Å². The number of hydrogen-bond donors (Lipinski definition) is 6. The average Bonchev–Trinajstić information content (AvgIpc) is 3.59. The summed E-state index contributed by atoms with van der Waals surface area (Å²) in [7, 11) is 0. The van der Waals surface area contributed by atoms with Crippen LogP contribution in [-0.2, 0) is 61.8 Å². The maximum atomic E-state index is 12.8. The zero-order valence-electron chi connectivity index (χ0n) is 52.1. The predicted octanol–water partition coefficient (Wildman–Crippen LogP) is 8.42. The van der Waals surface area contributed by atoms with E-state index in [2.05, 4.69) is 0 Å². The molecule has 0 bridgehead atoms. The number of carbonyl (C=O) groups is 7. The number of nitrogens with two attached hydrogens (primary N) is 1. The number of amides is 1. The molecule has 20 unspecified atom stereocenters. The maximum absolute atomic E-state index is 12.8. The van der Waals surface area contributed by atoms with Gasteiger partial charge in [0.25, 0.3) is 0 Å². The molecule has 4 rings (SSSR count). The smallest absolute Gasteiger partial charge is 0.457 e. The molecule has 0 aromatic heterocycles. The fourth-order valence-electron chi connectivity index (χ4n) is 10.9. The van der Waals surface area contributed by atoms with Gasteiger partial charge in [0.1, 0.15) is 48.3 Å². The van der Waals surface area contributed by atoms with Gasteiger partial charge in [0.05, 0.1) is 37.3 Å². The van der Waals surface area contributed by atoms with Crippen molar-refractivity contribution >= 4 is 42.3 Å². The summed E-state index contributed by atoms with van der Waals surface area (Å²) in [5, 5.41) is 53.5. The molecule has 2 saturated heterocycles. The van der Waals surface area contributed by atoms with Crippen LogP contribution in [0.25, 0.3) is 0 Å². The first-order valence-electron chi connectivity index (χ1n) is 29.7. The van der Waals surface area contributed by atoms with E-state index in [1.54, 1.807) is 50.3 Å². The van der Waals surface area contributed by atoms with Crippen LogP contribution in [0, 0.1) is 35.5 Å². The highest BCUT2D eigenvalue weighted by Gasteiger charge is 2.43. The number of cyclic esters (lactones) is 6. The first-order chi connectivity index (χ1) is 39.7. The van der Waals surface area contributed by atoms with E-state index in [0.29, 0.717) is 31.3 Å². The minimum absolute atomic E-state index is 0.0525. The third-order valence-electron chi connectivity index (χ3n) is 16.0. The lowest BCUT2D eigenvalue weighted by Gasteiger charge is -2.37. The number of aliphatic hydroxyl groups excluding tert-OH is 4. The van der Waals surface area contributed by atoms with E-state index in [1.165, 1.54) is 20.8 Å². The molecule has 0 spiro atoms. The average molecular weight is 1200 g/mol. The molecule has 7 N–H and O–H groups in total. The normalized spacial score (nSPS) is 35.2. The van der Waals surface area contributed by atoms with Gasteiger partial charge >= 0.3 is 42.3 Å². The van der Waals surface area contributed by atoms with Gasteiger partial charge in [-0.25, -0.2) is 14.4 Å². The third kappa shape index (κ3) is 24.0. The van der Waals surface area contributed by atoms with Crippen molar-refractivity contribution in [1.82, 2.24) is 0 Å². The molecule has 4 aliphatic rings. The van der Waals surface area contributed by atoms with Crippen LogP contribution in [0.15, 0.2) is 71.9 Å². The van der Waals surface area contributed by atoms with E-state index in [1.807, 2.05) is 86.6 Å². The number of esters is 4. The van der Waals surface area contributed by atoms with Crippen molar-refractivity contribution in [3.63, 3.8) is 0 Å². The van der Waals surface area contributed by atoms with E-state index < -0.39 is 120 Å². The second-order valence-electron chi connectivity index (χ2n) is 23.9. The summed E-state index contributed by atoms with van der Waals surface area (Å²) in [5.41, 5.74) is 3.91. The van der Waals surface area contributed by atoms with Crippen LogP contribution >= 0.6 is 0 Å². The molecule has 480 valence electrons. The highest BCUT2D eigenvalue weighted by Crippen LogP contribution is 2.34. The largest absolute Gasteiger partial charge is 0.508 e. The van der Waals surface area contributed by atoms with Crippen molar-refractivity contribution in [2.24, 2.45) is 41.2 Å². The lowest BCUT2D eigenvalue weighted by Crippen LogP contribution is -2.48. The van der Waals surface area contributed by atoms with E-state index in [-0.39, 0.29) is 80.3 Å². The molecule has 20 atom stereocenters. The second kappa shape index (κ2) is 34.3. The molecule has 0 radical (unpaired) electrons. The first-order valence-corrected chi connectivity index (χ1v) is 29.7. The Morgan fingerprint density at radius 3 is 1.41 bits per heavy atom. The van der Waals surface area contributed by atoms with Gasteiger partial charge in [-0.3, -0.25) is 19.2 Å². The van der Waals surface area contributed by atoms with E-state index >= 15 is 0 Å². The molecule has 0 aromatic rings. The lowest BCUT2D eigenvalue weighted by atomic mass is 9.87. The Balaban J connectivity index is 0.000000446. The summed E-state index contributed by atoms with van der Waals surface area (Å²) in [6, 6.07) is 0. The second-order valence-corrected chi connectivity index (χ2v) is 23.9. The number of allylic oxidation sites excluding steroid dienone is 6. The Morgan fingerprint density at radius 1 is 0.635 bits per heavy atom. The monoisotopic (exact) mass is 1200 g/mol. The lowest BCUT2D eigenvalue weighted by molar-refractivity contribution is -0.158. The highest BCUT2D eigenvalue weighted by atomic mass is 16.8. The quantitative estimate of drug-likeness (QED) is 0.0344. The summed E-state index contributed by atoms with van der Waals surface area (Å²) >= 11 is 0. The summed E-state index contributed by atoms with van der Waals surface area (Å²) < 4.78 is 48.7. The van der Waals surface area contributed by atoms with Crippen molar-refractivity contribution in [1.29, 1.82) is 0 Å². The van der Waals surface area contributed by atoms with Crippen molar-refractivity contribution in [2.45, 2.75) is 246 Å². The summed E-state index contributed by atoms with van der Waals surface area (Å²) in [6.07, 6.45) is 7.76. The van der Waals surface area contributed by atoms with Crippen LogP contribution in [-0.4, -0.2) is 152 Å². The van der Waals surface area contributed by atoms with Gasteiger partial charge in [0, 0.05) is 37.5 Å². The van der Waals surface area contributed by atoms with Crippen LogP contribution in [0.4, 0.5) is 14.4 Å². The molecule has 0 saturated carbocycles. The number of carbonyl (C=O) groups excluding carboxylic acids is 7. The maximum Gasteiger partial charge on any atom is 0.508 e. The molecule has 1 amide bonds. The number of aliphatic hydroxyl groups is 5. The fourth-order valence-corrected chi connectivity index (χ4v) is 10.9. The molecule has 22 heteroatoms. The first kappa shape index (κ1) is 73.2. The SMILES string of the molecule is CCC1OC(=O)OC(C(O)CC(C)/C=C/C=C(\C)C2OC(=O)CC(O)CCC(C)(O)C(OC(C)=O)/C=C/C2C)C1C.CCC1OC(=O)OC(C(O)CC(C)/C=C/C=C(\C)C2OC(=O)CC(O)CCC(C)(OC(N)=O)C(OC(C)=O)/C=C/C2C)C1C. The third-order valence-corrected chi connectivity index (χ3v) is 16.0. The molecule has 22 nitrogen and oxygen atoms in total. The molecule has 2 fully saturated rings. The number of hydrogen-bond acceptors (Lipinski definition) is 21. The number of ether oxygens (including phenoxy) is 9. The standard InChI is InChI=1S/C32H49NO11.C31H48O10/c1-8-25-21(5)29(43-31(39)41-25)24(36)16-18(2)10-9-11-19(3)28-20(4)12-13-26(40-22(6)34)32(7,44-30(33)38)15-14-23(35)17-27(37)42-28;1-8-25-21(5)29(41-30(36)39-25)24(34)16-18(2)10-9-11-19(3)28-20(4)12-13-26(38-22(6)32)31(7,37)15-14-23(33)17-27(35)40-28/h9-13,18,20-21,23-26,28-29,35-36H,8,14-17H2,1-7H3,(H2,33,38);9-13,18,20-21,23-26,28-29,33-34,37H,8,14-17H2,1-7H3/b2*10-9+,13-12+,19-11+. The van der Waals surface area contributed by atoms with Crippen molar-refractivity contribution in [3.05, 3.63) is 71.9 Å². The molecular weight excluding hydrogens is 1110 g/mol.